The van der Waals surface area contributed by atoms with Gasteiger partial charge < -0.3 is 5.32 Å². The number of nitrogens with one attached hydrogen (secondary N) is 1. The number of hydrogen-bond donors (Lipinski definition) is 1. The Kier molecular flexibility index (Phi) is 2.85. The fourth-order valence-corrected chi connectivity index (χ4v) is 2.48. The van der Waals surface area contributed by atoms with Crippen LogP contribution < -0.4 is 5.32 Å². The number of nitrogens with zero attached hydrogens (tertiary/aromatic N) is 2. The Hall–Kier alpha value is -0.450. The summed E-state index contributed by atoms with van der Waals surface area (Å²) in [6.07, 6.45) is 0. The Morgan fingerprint density at radius 3 is 3.14 bits per heavy atom. The van der Waals surface area contributed by atoms with Gasteiger partial charge in [0.1, 0.15) is 0 Å². The normalized spacial score (nSPS) is 22.4. The first kappa shape index (κ1) is 10.1. The van der Waals surface area contributed by atoms with Gasteiger partial charge in [-0.15, -0.1) is 11.3 Å². The van der Waals surface area contributed by atoms with Gasteiger partial charge in [0.15, 0.2) is 0 Å². The summed E-state index contributed by atoms with van der Waals surface area (Å²) in [6, 6.07) is 0. The highest BCUT2D eigenvalue weighted by Gasteiger charge is 2.25. The van der Waals surface area contributed by atoms with Crippen molar-refractivity contribution in [1.29, 1.82) is 0 Å². The van der Waals surface area contributed by atoms with Crippen LogP contribution in [0.2, 0.25) is 0 Å². The van der Waals surface area contributed by atoms with E-state index in [0.717, 1.165) is 26.2 Å². The monoisotopic (exact) mass is 211 g/mol. The highest BCUT2D eigenvalue weighted by atomic mass is 32.1. The summed E-state index contributed by atoms with van der Waals surface area (Å²) in [6.45, 7) is 8.80. The van der Waals surface area contributed by atoms with Gasteiger partial charge >= 0.3 is 0 Å². The Morgan fingerprint density at radius 1 is 1.64 bits per heavy atom. The molecule has 0 aromatic carbocycles. The Balaban J connectivity index is 1.92. The van der Waals surface area contributed by atoms with Crippen LogP contribution in [0.3, 0.4) is 0 Å². The molecular weight excluding hydrogens is 194 g/mol. The first-order valence-electron chi connectivity index (χ1n) is 5.00. The van der Waals surface area contributed by atoms with Crippen molar-refractivity contribution < 1.29 is 0 Å². The van der Waals surface area contributed by atoms with Gasteiger partial charge in [0.2, 0.25) is 0 Å². The molecule has 0 radical (unpaired) electrons. The van der Waals surface area contributed by atoms with Gasteiger partial charge in [-0.2, -0.15) is 0 Å². The molecule has 0 spiro atoms. The summed E-state index contributed by atoms with van der Waals surface area (Å²) < 4.78 is 0. The molecule has 2 rings (SSSR count). The lowest BCUT2D eigenvalue weighted by atomic mass is 10.0. The minimum absolute atomic E-state index is 0.244. The van der Waals surface area contributed by atoms with Gasteiger partial charge in [-0.1, -0.05) is 0 Å². The van der Waals surface area contributed by atoms with E-state index in [4.69, 9.17) is 0 Å². The van der Waals surface area contributed by atoms with Crippen molar-refractivity contribution in [2.24, 2.45) is 0 Å². The molecule has 0 saturated carbocycles. The summed E-state index contributed by atoms with van der Waals surface area (Å²) >= 11 is 1.67. The second-order valence-electron chi connectivity index (χ2n) is 4.50. The fraction of sp³-hybridized carbons (Fsp3) is 0.700. The molecule has 0 bridgehead atoms. The van der Waals surface area contributed by atoms with Crippen molar-refractivity contribution >= 4 is 11.3 Å². The van der Waals surface area contributed by atoms with E-state index in [1.165, 1.54) is 5.69 Å². The molecule has 1 aliphatic rings. The number of hydrogen-bond acceptors (Lipinski definition) is 4. The number of rotatable bonds is 2. The maximum Gasteiger partial charge on any atom is 0.0795 e. The number of aromatic nitrogens is 1. The summed E-state index contributed by atoms with van der Waals surface area (Å²) in [5.41, 5.74) is 3.35. The molecule has 1 fully saturated rings. The topological polar surface area (TPSA) is 28.2 Å². The molecular formula is C10H17N3S. The van der Waals surface area contributed by atoms with Gasteiger partial charge in [-0.3, -0.25) is 4.90 Å². The van der Waals surface area contributed by atoms with Crippen molar-refractivity contribution in [3.05, 3.63) is 16.6 Å². The zero-order valence-electron chi connectivity index (χ0n) is 8.79. The molecule has 1 saturated heterocycles. The molecule has 78 valence electrons. The first-order chi connectivity index (χ1) is 6.66. The second kappa shape index (κ2) is 3.96. The summed E-state index contributed by atoms with van der Waals surface area (Å²) in [4.78, 5) is 6.78. The molecule has 1 aliphatic heterocycles. The van der Waals surface area contributed by atoms with E-state index in [1.54, 1.807) is 11.3 Å². The molecule has 1 aromatic heterocycles. The molecule has 0 unspecified atom stereocenters. The molecule has 0 atom stereocenters. The standard InChI is InChI=1S/C10H17N3S/c1-10(2)7-13(4-3-12-10)5-9-6-14-8-11-9/h6,8,12H,3-5,7H2,1-2H3. The van der Waals surface area contributed by atoms with Gasteiger partial charge in [0.05, 0.1) is 11.2 Å². The van der Waals surface area contributed by atoms with E-state index in [-0.39, 0.29) is 5.54 Å². The van der Waals surface area contributed by atoms with Gasteiger partial charge in [0, 0.05) is 37.1 Å². The SMILES string of the molecule is CC1(C)CN(Cc2cscn2)CCN1. The summed E-state index contributed by atoms with van der Waals surface area (Å²) in [5, 5.41) is 5.64. The third-order valence-corrected chi connectivity index (χ3v) is 3.15. The van der Waals surface area contributed by atoms with Crippen LogP contribution in [0.25, 0.3) is 0 Å². The van der Waals surface area contributed by atoms with Crippen LogP contribution in [0, 0.1) is 0 Å². The van der Waals surface area contributed by atoms with E-state index >= 15 is 0 Å². The summed E-state index contributed by atoms with van der Waals surface area (Å²) in [5.74, 6) is 0. The van der Waals surface area contributed by atoms with Gasteiger partial charge in [-0.25, -0.2) is 4.98 Å². The second-order valence-corrected chi connectivity index (χ2v) is 5.22. The predicted octanol–water partition coefficient (Wildman–Crippen LogP) is 1.33. The average molecular weight is 211 g/mol. The molecule has 0 amide bonds. The minimum atomic E-state index is 0.244. The third kappa shape index (κ3) is 2.53. The Bertz CT molecular complexity index is 282. The number of thiazole rings is 1. The van der Waals surface area contributed by atoms with Crippen LogP contribution in [-0.2, 0) is 6.54 Å². The quantitative estimate of drug-likeness (QED) is 0.800. The molecule has 2 heterocycles. The molecule has 1 aromatic rings. The average Bonchev–Trinajstić information content (AvgIpc) is 2.54. The van der Waals surface area contributed by atoms with Crippen LogP contribution in [0.5, 0.6) is 0 Å². The van der Waals surface area contributed by atoms with Gasteiger partial charge in [-0.05, 0) is 13.8 Å². The molecule has 4 heteroatoms. The van der Waals surface area contributed by atoms with Crippen molar-refractivity contribution in [2.45, 2.75) is 25.9 Å². The van der Waals surface area contributed by atoms with Crippen molar-refractivity contribution in [3.8, 4) is 0 Å². The van der Waals surface area contributed by atoms with Gasteiger partial charge in [0.25, 0.3) is 0 Å². The lowest BCUT2D eigenvalue weighted by Gasteiger charge is -2.38. The Morgan fingerprint density at radius 2 is 2.50 bits per heavy atom. The minimum Gasteiger partial charge on any atom is -0.309 e. The molecule has 14 heavy (non-hydrogen) atoms. The van der Waals surface area contributed by atoms with Crippen molar-refractivity contribution in [3.63, 3.8) is 0 Å². The molecule has 1 N–H and O–H groups in total. The highest BCUT2D eigenvalue weighted by Crippen LogP contribution is 2.13. The number of piperazine rings is 1. The highest BCUT2D eigenvalue weighted by molar-refractivity contribution is 7.07. The van der Waals surface area contributed by atoms with Crippen LogP contribution in [0.1, 0.15) is 19.5 Å². The van der Waals surface area contributed by atoms with Crippen molar-refractivity contribution in [1.82, 2.24) is 15.2 Å². The van der Waals surface area contributed by atoms with E-state index in [0.29, 0.717) is 0 Å². The molecule has 3 nitrogen and oxygen atoms in total. The largest absolute Gasteiger partial charge is 0.309 e. The smallest absolute Gasteiger partial charge is 0.0795 e. The van der Waals surface area contributed by atoms with Crippen LogP contribution >= 0.6 is 11.3 Å². The lowest BCUT2D eigenvalue weighted by Crippen LogP contribution is -2.56. The van der Waals surface area contributed by atoms with Crippen molar-refractivity contribution in [2.75, 3.05) is 19.6 Å². The predicted molar refractivity (Wildman–Crippen MR) is 59.5 cm³/mol. The fourth-order valence-electron chi connectivity index (χ4n) is 1.93. The maximum absolute atomic E-state index is 4.31. The zero-order valence-corrected chi connectivity index (χ0v) is 9.60. The van der Waals surface area contributed by atoms with E-state index in [9.17, 15) is 0 Å². The lowest BCUT2D eigenvalue weighted by molar-refractivity contribution is 0.147. The summed E-state index contributed by atoms with van der Waals surface area (Å²) in [7, 11) is 0. The third-order valence-electron chi connectivity index (χ3n) is 2.52. The maximum atomic E-state index is 4.31. The molecule has 0 aliphatic carbocycles. The van der Waals surface area contributed by atoms with E-state index < -0.39 is 0 Å². The first-order valence-corrected chi connectivity index (χ1v) is 5.94. The zero-order chi connectivity index (χ0) is 10.0. The van der Waals surface area contributed by atoms with Crippen LogP contribution in [-0.4, -0.2) is 35.1 Å². The van der Waals surface area contributed by atoms with E-state index in [1.807, 2.05) is 5.51 Å². The van der Waals surface area contributed by atoms with Crippen LogP contribution in [0.15, 0.2) is 10.9 Å². The Labute approximate surface area is 89.1 Å². The van der Waals surface area contributed by atoms with Crippen LogP contribution in [0.4, 0.5) is 0 Å². The van der Waals surface area contributed by atoms with E-state index in [2.05, 4.69) is 34.4 Å².